The Morgan fingerprint density at radius 1 is 1.32 bits per heavy atom. The Hall–Kier alpha value is -1.37. The number of benzene rings is 1. The van der Waals surface area contributed by atoms with Crippen LogP contribution in [0.3, 0.4) is 0 Å². The average Bonchev–Trinajstić information content (AvgIpc) is 2.44. The predicted molar refractivity (Wildman–Crippen MR) is 86.3 cm³/mol. The summed E-state index contributed by atoms with van der Waals surface area (Å²) in [4.78, 5) is 23.2. The maximum absolute atomic E-state index is 13.0. The van der Waals surface area contributed by atoms with Gasteiger partial charge in [0.1, 0.15) is 5.82 Å². The number of carbonyl (C=O) groups excluding carboxylic acids is 2. The number of hydrogen-bond donors (Lipinski definition) is 3. The zero-order chi connectivity index (χ0) is 16.0. The second-order valence-electron chi connectivity index (χ2n) is 5.01. The molecule has 0 fully saturated rings. The van der Waals surface area contributed by atoms with Crippen molar-refractivity contribution in [2.45, 2.75) is 26.4 Å². The molecular formula is C14H20Cl2FN3O2. The zero-order valence-electron chi connectivity index (χ0n) is 12.4. The molecule has 0 radical (unpaired) electrons. The second-order valence-corrected chi connectivity index (χ2v) is 5.42. The zero-order valence-corrected chi connectivity index (χ0v) is 13.9. The number of carbonyl (C=O) groups is 2. The van der Waals surface area contributed by atoms with E-state index in [4.69, 9.17) is 17.3 Å². The maximum Gasteiger partial charge on any atom is 0.239 e. The lowest BCUT2D eigenvalue weighted by atomic mass is 10.1. The summed E-state index contributed by atoms with van der Waals surface area (Å²) in [5.41, 5.74) is 6.31. The first kappa shape index (κ1) is 20.6. The Morgan fingerprint density at radius 3 is 2.50 bits per heavy atom. The minimum Gasteiger partial charge on any atom is -0.350 e. The summed E-state index contributed by atoms with van der Waals surface area (Å²) >= 11 is 5.64. The van der Waals surface area contributed by atoms with Gasteiger partial charge in [-0.15, -0.1) is 12.4 Å². The van der Waals surface area contributed by atoms with Crippen molar-refractivity contribution < 1.29 is 14.0 Å². The molecule has 124 valence electrons. The molecule has 0 aliphatic rings. The summed E-state index contributed by atoms with van der Waals surface area (Å²) in [5.74, 6) is -1.25. The molecule has 22 heavy (non-hydrogen) atoms. The van der Waals surface area contributed by atoms with Crippen LogP contribution in [0.4, 0.5) is 4.39 Å². The molecule has 0 saturated carbocycles. The lowest BCUT2D eigenvalue weighted by Crippen LogP contribution is -2.47. The van der Waals surface area contributed by atoms with Gasteiger partial charge in [-0.2, -0.15) is 0 Å². The lowest BCUT2D eigenvalue weighted by molar-refractivity contribution is -0.127. The fourth-order valence-corrected chi connectivity index (χ4v) is 1.70. The van der Waals surface area contributed by atoms with Crippen molar-refractivity contribution in [1.82, 2.24) is 10.6 Å². The number of halogens is 3. The second kappa shape index (κ2) is 9.61. The van der Waals surface area contributed by atoms with Gasteiger partial charge in [-0.1, -0.05) is 31.5 Å². The molecule has 1 atom stereocenters. The highest BCUT2D eigenvalue weighted by Crippen LogP contribution is 2.15. The van der Waals surface area contributed by atoms with Crippen molar-refractivity contribution in [2.24, 2.45) is 11.7 Å². The van der Waals surface area contributed by atoms with Crippen LogP contribution in [0.5, 0.6) is 0 Å². The van der Waals surface area contributed by atoms with E-state index < -0.39 is 11.9 Å². The van der Waals surface area contributed by atoms with E-state index in [1.165, 1.54) is 18.2 Å². The van der Waals surface area contributed by atoms with Crippen molar-refractivity contribution in [3.8, 4) is 0 Å². The first-order valence-electron chi connectivity index (χ1n) is 6.55. The largest absolute Gasteiger partial charge is 0.350 e. The number of nitrogens with two attached hydrogens (primary N) is 1. The van der Waals surface area contributed by atoms with Gasteiger partial charge in [0.25, 0.3) is 0 Å². The molecule has 0 unspecified atom stereocenters. The van der Waals surface area contributed by atoms with Crippen LogP contribution in [0, 0.1) is 11.7 Å². The van der Waals surface area contributed by atoms with Crippen LogP contribution >= 0.6 is 24.0 Å². The summed E-state index contributed by atoms with van der Waals surface area (Å²) in [6.07, 6.45) is 0. The SMILES string of the molecule is CC(C)[C@H](N)C(=O)NCC(=O)NCc1ccc(F)c(Cl)c1.Cl. The summed E-state index contributed by atoms with van der Waals surface area (Å²) in [6, 6.07) is 3.54. The average molecular weight is 352 g/mol. The molecular weight excluding hydrogens is 332 g/mol. The molecule has 0 aromatic heterocycles. The van der Waals surface area contributed by atoms with Crippen LogP contribution in [0.25, 0.3) is 0 Å². The van der Waals surface area contributed by atoms with Crippen molar-refractivity contribution in [3.05, 3.63) is 34.6 Å². The van der Waals surface area contributed by atoms with Crippen molar-refractivity contribution >= 4 is 35.8 Å². The van der Waals surface area contributed by atoms with Crippen molar-refractivity contribution in [2.75, 3.05) is 6.54 Å². The summed E-state index contributed by atoms with van der Waals surface area (Å²) in [5, 5.41) is 5.05. The summed E-state index contributed by atoms with van der Waals surface area (Å²) in [6.45, 7) is 3.68. The number of nitrogens with one attached hydrogen (secondary N) is 2. The normalized spacial score (nSPS) is 11.5. The van der Waals surface area contributed by atoms with E-state index in [9.17, 15) is 14.0 Å². The van der Waals surface area contributed by atoms with E-state index in [0.29, 0.717) is 5.56 Å². The first-order valence-corrected chi connectivity index (χ1v) is 6.93. The molecule has 1 aromatic carbocycles. The quantitative estimate of drug-likeness (QED) is 0.727. The fourth-order valence-electron chi connectivity index (χ4n) is 1.50. The van der Waals surface area contributed by atoms with E-state index in [0.717, 1.165) is 0 Å². The number of rotatable bonds is 6. The standard InChI is InChI=1S/C14H19ClFN3O2.ClH/c1-8(2)13(17)14(21)19-7-12(20)18-6-9-3-4-11(16)10(15)5-9;/h3-5,8,13H,6-7,17H2,1-2H3,(H,18,20)(H,19,21);1H/t13-;/m0./s1. The molecule has 4 N–H and O–H groups in total. The van der Waals surface area contributed by atoms with E-state index in [1.54, 1.807) is 0 Å². The molecule has 0 bridgehead atoms. The maximum atomic E-state index is 13.0. The molecule has 0 heterocycles. The van der Waals surface area contributed by atoms with E-state index in [-0.39, 0.29) is 48.3 Å². The summed E-state index contributed by atoms with van der Waals surface area (Å²) in [7, 11) is 0. The topological polar surface area (TPSA) is 84.2 Å². The highest BCUT2D eigenvalue weighted by Gasteiger charge is 2.17. The monoisotopic (exact) mass is 351 g/mol. The predicted octanol–water partition coefficient (Wildman–Crippen LogP) is 1.62. The van der Waals surface area contributed by atoms with Crippen LogP contribution in [0.2, 0.25) is 5.02 Å². The molecule has 2 amide bonds. The Labute approximate surface area is 140 Å². The van der Waals surface area contributed by atoms with Crippen LogP contribution < -0.4 is 16.4 Å². The van der Waals surface area contributed by atoms with Crippen LogP contribution in [0.1, 0.15) is 19.4 Å². The van der Waals surface area contributed by atoms with Crippen LogP contribution in [-0.2, 0) is 16.1 Å². The van der Waals surface area contributed by atoms with Crippen LogP contribution in [-0.4, -0.2) is 24.4 Å². The lowest BCUT2D eigenvalue weighted by Gasteiger charge is -2.15. The van der Waals surface area contributed by atoms with Crippen molar-refractivity contribution in [3.63, 3.8) is 0 Å². The van der Waals surface area contributed by atoms with Crippen molar-refractivity contribution in [1.29, 1.82) is 0 Å². The molecule has 0 saturated heterocycles. The highest BCUT2D eigenvalue weighted by molar-refractivity contribution is 6.30. The van der Waals surface area contributed by atoms with Gasteiger partial charge < -0.3 is 16.4 Å². The molecule has 0 aliphatic heterocycles. The fraction of sp³-hybridized carbons (Fsp3) is 0.429. The third-order valence-corrected chi connectivity index (χ3v) is 3.21. The molecule has 0 spiro atoms. The van der Waals surface area contributed by atoms with Gasteiger partial charge in [-0.3, -0.25) is 9.59 Å². The minimum absolute atomic E-state index is 0. The van der Waals surface area contributed by atoms with Gasteiger partial charge in [-0.05, 0) is 23.6 Å². The molecule has 1 rings (SSSR count). The van der Waals surface area contributed by atoms with E-state index in [1.807, 2.05) is 13.8 Å². The first-order chi connectivity index (χ1) is 9.81. The molecule has 5 nitrogen and oxygen atoms in total. The van der Waals surface area contributed by atoms with E-state index >= 15 is 0 Å². The third kappa shape index (κ3) is 6.60. The van der Waals surface area contributed by atoms with Gasteiger partial charge >= 0.3 is 0 Å². The van der Waals surface area contributed by atoms with E-state index in [2.05, 4.69) is 10.6 Å². The van der Waals surface area contributed by atoms with Crippen LogP contribution in [0.15, 0.2) is 18.2 Å². The van der Waals surface area contributed by atoms with Gasteiger partial charge in [0, 0.05) is 6.54 Å². The smallest absolute Gasteiger partial charge is 0.239 e. The minimum atomic E-state index is -0.645. The summed E-state index contributed by atoms with van der Waals surface area (Å²) < 4.78 is 13.0. The van der Waals surface area contributed by atoms with Gasteiger partial charge in [0.05, 0.1) is 17.6 Å². The third-order valence-electron chi connectivity index (χ3n) is 2.92. The molecule has 1 aromatic rings. The number of hydrogen-bond acceptors (Lipinski definition) is 3. The molecule has 8 heteroatoms. The Bertz CT molecular complexity index is 527. The van der Waals surface area contributed by atoms with Gasteiger partial charge in [0.2, 0.25) is 11.8 Å². The van der Waals surface area contributed by atoms with Gasteiger partial charge in [-0.25, -0.2) is 4.39 Å². The highest BCUT2D eigenvalue weighted by atomic mass is 35.5. The Balaban J connectivity index is 0.00000441. The Morgan fingerprint density at radius 2 is 1.95 bits per heavy atom. The Kier molecular flexibility index (Phi) is 9.01. The number of amides is 2. The van der Waals surface area contributed by atoms with Gasteiger partial charge in [0.15, 0.2) is 0 Å². The molecule has 0 aliphatic carbocycles.